The Morgan fingerprint density at radius 3 is 2.76 bits per heavy atom. The molecule has 1 fully saturated rings. The number of H-pyrrole nitrogens is 1. The second-order valence-corrected chi connectivity index (χ2v) is 7.47. The Morgan fingerprint density at radius 1 is 1.07 bits per heavy atom. The van der Waals surface area contributed by atoms with Crippen molar-refractivity contribution in [2.45, 2.75) is 32.4 Å². The first kappa shape index (κ1) is 17.8. The maximum atomic E-state index is 11.8. The van der Waals surface area contributed by atoms with Gasteiger partial charge >= 0.3 is 0 Å². The van der Waals surface area contributed by atoms with E-state index in [9.17, 15) is 4.79 Å². The molecular formula is C23H22N4O2. The summed E-state index contributed by atoms with van der Waals surface area (Å²) in [6.07, 6.45) is 6.64. The average Bonchev–Trinajstić information content (AvgIpc) is 3.13. The fourth-order valence-electron chi connectivity index (χ4n) is 3.99. The molecule has 3 aromatic heterocycles. The maximum absolute atomic E-state index is 11.8. The molecular weight excluding hydrogens is 364 g/mol. The highest BCUT2D eigenvalue weighted by molar-refractivity contribution is 5.96. The van der Waals surface area contributed by atoms with E-state index >= 15 is 0 Å². The molecule has 146 valence electrons. The number of nitrogens with one attached hydrogen (secondary N) is 1. The van der Waals surface area contributed by atoms with Crippen molar-refractivity contribution in [3.63, 3.8) is 0 Å². The van der Waals surface area contributed by atoms with Gasteiger partial charge in [0.25, 0.3) is 0 Å². The highest BCUT2D eigenvalue weighted by Gasteiger charge is 2.22. The normalized spacial score (nSPS) is 16.9. The third-order valence-corrected chi connectivity index (χ3v) is 5.41. The average molecular weight is 386 g/mol. The van der Waals surface area contributed by atoms with E-state index in [0.29, 0.717) is 0 Å². The summed E-state index contributed by atoms with van der Waals surface area (Å²) in [5.41, 5.74) is 5.68. The van der Waals surface area contributed by atoms with E-state index in [-0.39, 0.29) is 11.8 Å². The number of ether oxygens (including phenoxy) is 1. The maximum Gasteiger partial charge on any atom is 0.248 e. The molecule has 0 bridgehead atoms. The third kappa shape index (κ3) is 3.36. The molecule has 0 spiro atoms. The van der Waals surface area contributed by atoms with Crippen molar-refractivity contribution < 1.29 is 4.74 Å². The molecule has 5 rings (SSSR count). The van der Waals surface area contributed by atoms with E-state index in [0.717, 1.165) is 64.9 Å². The van der Waals surface area contributed by atoms with Gasteiger partial charge in [0.05, 0.1) is 5.52 Å². The molecule has 6 nitrogen and oxygen atoms in total. The van der Waals surface area contributed by atoms with E-state index in [1.807, 2.05) is 42.1 Å². The van der Waals surface area contributed by atoms with Gasteiger partial charge in [0.2, 0.25) is 5.56 Å². The summed E-state index contributed by atoms with van der Waals surface area (Å²) >= 11 is 0. The number of aromatic amines is 1. The first-order chi connectivity index (χ1) is 14.2. The van der Waals surface area contributed by atoms with Gasteiger partial charge in [-0.15, -0.1) is 0 Å². The van der Waals surface area contributed by atoms with E-state index in [1.54, 1.807) is 12.3 Å². The Balaban J connectivity index is 1.72. The Morgan fingerprint density at radius 2 is 1.97 bits per heavy atom. The predicted molar refractivity (Wildman–Crippen MR) is 113 cm³/mol. The molecule has 1 aromatic carbocycles. The van der Waals surface area contributed by atoms with E-state index < -0.39 is 0 Å². The van der Waals surface area contributed by atoms with Crippen LogP contribution in [0.5, 0.6) is 0 Å². The number of aromatic nitrogens is 4. The van der Waals surface area contributed by atoms with Crippen LogP contribution in [0.15, 0.2) is 59.7 Å². The van der Waals surface area contributed by atoms with Crippen molar-refractivity contribution in [2.75, 3.05) is 6.61 Å². The van der Waals surface area contributed by atoms with Crippen LogP contribution in [-0.2, 0) is 4.74 Å². The molecule has 4 aromatic rings. The molecule has 1 saturated heterocycles. The van der Waals surface area contributed by atoms with E-state index in [1.165, 1.54) is 0 Å². The SMILES string of the molecule is Cc1cc(-c2nn(C3CCCCO3)c3ccc(-c4cc[nH]c(=O)c4)cc23)ccn1. The Labute approximate surface area is 168 Å². The van der Waals surface area contributed by atoms with Crippen LogP contribution in [0.4, 0.5) is 0 Å². The number of fused-ring (bicyclic) bond motifs is 1. The van der Waals surface area contributed by atoms with Crippen LogP contribution >= 0.6 is 0 Å². The van der Waals surface area contributed by atoms with Crippen molar-refractivity contribution in [1.29, 1.82) is 0 Å². The van der Waals surface area contributed by atoms with Gasteiger partial charge in [-0.2, -0.15) is 5.10 Å². The largest absolute Gasteiger partial charge is 0.356 e. The van der Waals surface area contributed by atoms with Gasteiger partial charge in [0, 0.05) is 41.7 Å². The minimum atomic E-state index is -0.112. The van der Waals surface area contributed by atoms with Crippen molar-refractivity contribution >= 4 is 10.9 Å². The lowest BCUT2D eigenvalue weighted by Crippen LogP contribution is -2.19. The Kier molecular flexibility index (Phi) is 4.48. The molecule has 1 aliphatic heterocycles. The van der Waals surface area contributed by atoms with Gasteiger partial charge in [-0.3, -0.25) is 9.78 Å². The topological polar surface area (TPSA) is 72.8 Å². The molecule has 6 heteroatoms. The first-order valence-corrected chi connectivity index (χ1v) is 9.95. The fourth-order valence-corrected chi connectivity index (χ4v) is 3.99. The van der Waals surface area contributed by atoms with Gasteiger partial charge in [-0.25, -0.2) is 4.68 Å². The number of benzene rings is 1. The summed E-state index contributed by atoms with van der Waals surface area (Å²) in [6, 6.07) is 13.8. The summed E-state index contributed by atoms with van der Waals surface area (Å²) in [5.74, 6) is 0. The molecule has 1 unspecified atom stereocenters. The molecule has 1 aliphatic rings. The highest BCUT2D eigenvalue weighted by atomic mass is 16.5. The summed E-state index contributed by atoms with van der Waals surface area (Å²) < 4.78 is 8.03. The number of pyridine rings is 2. The van der Waals surface area contributed by atoms with Gasteiger partial charge < -0.3 is 9.72 Å². The van der Waals surface area contributed by atoms with Crippen LogP contribution in [0.25, 0.3) is 33.3 Å². The number of nitrogens with zero attached hydrogens (tertiary/aromatic N) is 3. The lowest BCUT2D eigenvalue weighted by atomic mass is 10.0. The summed E-state index contributed by atoms with van der Waals surface area (Å²) in [5, 5.41) is 6.02. The fraction of sp³-hybridized carbons (Fsp3) is 0.261. The zero-order valence-corrected chi connectivity index (χ0v) is 16.3. The van der Waals surface area contributed by atoms with Crippen molar-refractivity contribution in [3.05, 3.63) is 70.9 Å². The minimum absolute atomic E-state index is 0.0478. The van der Waals surface area contributed by atoms with Crippen LogP contribution in [0.3, 0.4) is 0 Å². The number of rotatable bonds is 3. The number of hydrogen-bond acceptors (Lipinski definition) is 4. The van der Waals surface area contributed by atoms with Gasteiger partial charge in [0.1, 0.15) is 5.69 Å². The predicted octanol–water partition coefficient (Wildman–Crippen LogP) is 4.46. The molecule has 29 heavy (non-hydrogen) atoms. The quantitative estimate of drug-likeness (QED) is 0.564. The molecule has 1 N–H and O–H groups in total. The highest BCUT2D eigenvalue weighted by Crippen LogP contribution is 2.35. The number of aryl methyl sites for hydroxylation is 1. The van der Waals surface area contributed by atoms with Gasteiger partial charge in [-0.1, -0.05) is 6.07 Å². The standard InChI is InChI=1S/C23H22N4O2/c1-15-12-18(8-9-24-15)23-19-13-16(17-7-10-25-21(28)14-17)5-6-20(19)27(26-23)22-4-2-3-11-29-22/h5-10,12-14,22H,2-4,11H2,1H3,(H,25,28). The van der Waals surface area contributed by atoms with Crippen LogP contribution in [0, 0.1) is 6.92 Å². The number of hydrogen-bond donors (Lipinski definition) is 1. The molecule has 0 amide bonds. The monoisotopic (exact) mass is 386 g/mol. The summed E-state index contributed by atoms with van der Waals surface area (Å²) in [7, 11) is 0. The Hall–Kier alpha value is -3.25. The Bertz CT molecular complexity index is 1240. The first-order valence-electron chi connectivity index (χ1n) is 9.95. The van der Waals surface area contributed by atoms with E-state index in [4.69, 9.17) is 9.84 Å². The zero-order chi connectivity index (χ0) is 19.8. The minimum Gasteiger partial charge on any atom is -0.356 e. The molecule has 0 saturated carbocycles. The van der Waals surface area contributed by atoms with Crippen molar-refractivity contribution in [2.24, 2.45) is 0 Å². The molecule has 0 radical (unpaired) electrons. The van der Waals surface area contributed by atoms with Crippen LogP contribution in [0.2, 0.25) is 0 Å². The lowest BCUT2D eigenvalue weighted by Gasteiger charge is -2.23. The lowest BCUT2D eigenvalue weighted by molar-refractivity contribution is -0.0365. The van der Waals surface area contributed by atoms with Crippen LogP contribution in [0.1, 0.15) is 31.2 Å². The smallest absolute Gasteiger partial charge is 0.248 e. The molecule has 0 aliphatic carbocycles. The van der Waals surface area contributed by atoms with E-state index in [2.05, 4.69) is 22.1 Å². The van der Waals surface area contributed by atoms with Gasteiger partial charge in [0.15, 0.2) is 6.23 Å². The summed E-state index contributed by atoms with van der Waals surface area (Å²) in [4.78, 5) is 18.8. The van der Waals surface area contributed by atoms with Gasteiger partial charge in [-0.05, 0) is 67.6 Å². The van der Waals surface area contributed by atoms with Crippen LogP contribution in [-0.4, -0.2) is 26.4 Å². The second-order valence-electron chi connectivity index (χ2n) is 7.47. The van der Waals surface area contributed by atoms with Crippen molar-refractivity contribution in [3.8, 4) is 22.4 Å². The second kappa shape index (κ2) is 7.29. The zero-order valence-electron chi connectivity index (χ0n) is 16.3. The summed E-state index contributed by atoms with van der Waals surface area (Å²) in [6.45, 7) is 2.75. The third-order valence-electron chi connectivity index (χ3n) is 5.41. The molecule has 1 atom stereocenters. The van der Waals surface area contributed by atoms with Crippen molar-refractivity contribution in [1.82, 2.24) is 19.7 Å². The molecule has 4 heterocycles. The van der Waals surface area contributed by atoms with Crippen LogP contribution < -0.4 is 5.56 Å².